The van der Waals surface area contributed by atoms with Gasteiger partial charge in [0, 0.05) is 23.8 Å². The fourth-order valence-electron chi connectivity index (χ4n) is 3.01. The first kappa shape index (κ1) is 13.7. The number of nitrogen functional groups attached to an aromatic ring is 1. The summed E-state index contributed by atoms with van der Waals surface area (Å²) in [5.74, 6) is 0. The molecule has 18 heavy (non-hydrogen) atoms. The Morgan fingerprint density at radius 1 is 1.28 bits per heavy atom. The van der Waals surface area contributed by atoms with Crippen LogP contribution in [0.15, 0.2) is 18.2 Å². The van der Waals surface area contributed by atoms with Crippen LogP contribution < -0.4 is 5.73 Å². The summed E-state index contributed by atoms with van der Waals surface area (Å²) in [5, 5.41) is 0.737. The largest absolute Gasteiger partial charge is 0.399 e. The van der Waals surface area contributed by atoms with Crippen LogP contribution in [0.1, 0.15) is 38.7 Å². The molecular formula is C15H23ClN2. The molecular weight excluding hydrogens is 244 g/mol. The number of likely N-dealkylation sites (tertiary alicyclic amines) is 1. The lowest BCUT2D eigenvalue weighted by molar-refractivity contribution is 0.236. The smallest absolute Gasteiger partial charge is 0.0429 e. The van der Waals surface area contributed by atoms with Crippen molar-refractivity contribution in [3.05, 3.63) is 28.8 Å². The first-order valence-corrected chi connectivity index (χ1v) is 7.22. The summed E-state index contributed by atoms with van der Waals surface area (Å²) in [6, 6.07) is 5.86. The minimum atomic E-state index is 0.532. The second-order valence-corrected chi connectivity index (χ2v) is 6.00. The van der Waals surface area contributed by atoms with E-state index in [1.807, 2.05) is 12.1 Å². The highest BCUT2D eigenvalue weighted by atomic mass is 35.5. The Labute approximate surface area is 115 Å². The summed E-state index contributed by atoms with van der Waals surface area (Å²) in [4.78, 5) is 2.53. The van der Waals surface area contributed by atoms with E-state index in [9.17, 15) is 0 Å². The molecule has 1 aromatic carbocycles. The van der Waals surface area contributed by atoms with Crippen LogP contribution in [0.25, 0.3) is 0 Å². The monoisotopic (exact) mass is 266 g/mol. The number of anilines is 1. The molecule has 1 aromatic rings. The maximum atomic E-state index is 6.05. The van der Waals surface area contributed by atoms with Crippen molar-refractivity contribution in [2.24, 2.45) is 5.41 Å². The number of hydrogen-bond acceptors (Lipinski definition) is 2. The van der Waals surface area contributed by atoms with Gasteiger partial charge in [0.1, 0.15) is 0 Å². The molecule has 2 rings (SSSR count). The maximum Gasteiger partial charge on any atom is 0.0429 e. The molecule has 1 aliphatic heterocycles. The van der Waals surface area contributed by atoms with Crippen LogP contribution in [0.3, 0.4) is 0 Å². The Morgan fingerprint density at radius 2 is 2.00 bits per heavy atom. The van der Waals surface area contributed by atoms with E-state index >= 15 is 0 Å². The molecule has 0 amide bonds. The predicted octanol–water partition coefficient (Wildman–Crippen LogP) is 3.93. The van der Waals surface area contributed by atoms with E-state index in [2.05, 4.69) is 18.7 Å². The van der Waals surface area contributed by atoms with E-state index in [1.165, 1.54) is 37.9 Å². The third-order valence-corrected chi connectivity index (χ3v) is 4.62. The average molecular weight is 267 g/mol. The van der Waals surface area contributed by atoms with Gasteiger partial charge in [-0.15, -0.1) is 0 Å². The SMILES string of the molecule is CCC1(CC)CCN(Cc2cc(N)cc(Cl)c2)C1. The number of halogens is 1. The van der Waals surface area contributed by atoms with Gasteiger partial charge in [0.2, 0.25) is 0 Å². The zero-order chi connectivity index (χ0) is 13.2. The molecule has 2 N–H and O–H groups in total. The van der Waals surface area contributed by atoms with Gasteiger partial charge >= 0.3 is 0 Å². The summed E-state index contributed by atoms with van der Waals surface area (Å²) >= 11 is 6.05. The van der Waals surface area contributed by atoms with Gasteiger partial charge in [-0.25, -0.2) is 0 Å². The lowest BCUT2D eigenvalue weighted by Gasteiger charge is -2.26. The van der Waals surface area contributed by atoms with Crippen LogP contribution in [0, 0.1) is 5.41 Å². The standard InChI is InChI=1S/C15H23ClN2/c1-3-15(4-2)5-6-18(11-15)10-12-7-13(16)9-14(17)8-12/h7-9H,3-6,10-11,17H2,1-2H3. The zero-order valence-corrected chi connectivity index (χ0v) is 12.1. The molecule has 0 radical (unpaired) electrons. The van der Waals surface area contributed by atoms with Crippen LogP contribution in [0.2, 0.25) is 5.02 Å². The van der Waals surface area contributed by atoms with Crippen molar-refractivity contribution < 1.29 is 0 Å². The van der Waals surface area contributed by atoms with Crippen LogP contribution >= 0.6 is 11.6 Å². The molecule has 0 aromatic heterocycles. The highest BCUT2D eigenvalue weighted by Crippen LogP contribution is 2.37. The Bertz CT molecular complexity index is 393. The molecule has 0 spiro atoms. The van der Waals surface area contributed by atoms with Crippen LogP contribution in [-0.2, 0) is 6.54 Å². The summed E-state index contributed by atoms with van der Waals surface area (Å²) in [6.45, 7) is 7.97. The quantitative estimate of drug-likeness (QED) is 0.837. The van der Waals surface area contributed by atoms with Gasteiger partial charge in [-0.2, -0.15) is 0 Å². The lowest BCUT2D eigenvalue weighted by Crippen LogP contribution is -2.26. The third-order valence-electron chi connectivity index (χ3n) is 4.40. The van der Waals surface area contributed by atoms with Crippen molar-refractivity contribution >= 4 is 17.3 Å². The van der Waals surface area contributed by atoms with E-state index < -0.39 is 0 Å². The molecule has 1 fully saturated rings. The van der Waals surface area contributed by atoms with E-state index in [4.69, 9.17) is 17.3 Å². The van der Waals surface area contributed by atoms with Gasteiger partial charge in [-0.3, -0.25) is 4.90 Å². The first-order valence-electron chi connectivity index (χ1n) is 6.84. The van der Waals surface area contributed by atoms with E-state index in [0.717, 1.165) is 17.3 Å². The molecule has 3 heteroatoms. The van der Waals surface area contributed by atoms with E-state index in [1.54, 1.807) is 6.07 Å². The number of hydrogen-bond donors (Lipinski definition) is 1. The zero-order valence-electron chi connectivity index (χ0n) is 11.4. The van der Waals surface area contributed by atoms with Gasteiger partial charge in [0.05, 0.1) is 0 Å². The molecule has 0 bridgehead atoms. The van der Waals surface area contributed by atoms with Crippen LogP contribution in [-0.4, -0.2) is 18.0 Å². The van der Waals surface area contributed by atoms with Crippen molar-refractivity contribution in [2.75, 3.05) is 18.8 Å². The van der Waals surface area contributed by atoms with Crippen molar-refractivity contribution in [1.82, 2.24) is 4.90 Å². The molecule has 0 saturated carbocycles. The summed E-state index contributed by atoms with van der Waals surface area (Å²) in [7, 11) is 0. The predicted molar refractivity (Wildman–Crippen MR) is 78.8 cm³/mol. The van der Waals surface area contributed by atoms with Gasteiger partial charge in [0.25, 0.3) is 0 Å². The second-order valence-electron chi connectivity index (χ2n) is 5.56. The highest BCUT2D eigenvalue weighted by molar-refractivity contribution is 6.30. The van der Waals surface area contributed by atoms with Crippen LogP contribution in [0.4, 0.5) is 5.69 Å². The summed E-state index contributed by atoms with van der Waals surface area (Å²) in [5.41, 5.74) is 8.35. The Kier molecular flexibility index (Phi) is 4.18. The maximum absolute atomic E-state index is 6.05. The molecule has 0 unspecified atom stereocenters. The summed E-state index contributed by atoms with van der Waals surface area (Å²) in [6.07, 6.45) is 3.87. The number of benzene rings is 1. The van der Waals surface area contributed by atoms with E-state index in [0.29, 0.717) is 5.41 Å². The fourth-order valence-corrected chi connectivity index (χ4v) is 3.28. The highest BCUT2D eigenvalue weighted by Gasteiger charge is 2.34. The van der Waals surface area contributed by atoms with Gasteiger partial charge < -0.3 is 5.73 Å². The molecule has 100 valence electrons. The molecule has 2 nitrogen and oxygen atoms in total. The topological polar surface area (TPSA) is 29.3 Å². The number of rotatable bonds is 4. The van der Waals surface area contributed by atoms with Gasteiger partial charge in [-0.1, -0.05) is 25.4 Å². The van der Waals surface area contributed by atoms with Crippen molar-refractivity contribution in [2.45, 2.75) is 39.7 Å². The average Bonchev–Trinajstić information content (AvgIpc) is 2.72. The molecule has 1 aliphatic rings. The van der Waals surface area contributed by atoms with Crippen molar-refractivity contribution in [1.29, 1.82) is 0 Å². The molecule has 0 aliphatic carbocycles. The lowest BCUT2D eigenvalue weighted by atomic mass is 9.82. The number of nitrogens with zero attached hydrogens (tertiary/aromatic N) is 1. The van der Waals surface area contributed by atoms with Crippen molar-refractivity contribution in [3.8, 4) is 0 Å². The molecule has 0 atom stereocenters. The Morgan fingerprint density at radius 3 is 2.56 bits per heavy atom. The third kappa shape index (κ3) is 2.99. The Hall–Kier alpha value is -0.730. The van der Waals surface area contributed by atoms with E-state index in [-0.39, 0.29) is 0 Å². The summed E-state index contributed by atoms with van der Waals surface area (Å²) < 4.78 is 0. The van der Waals surface area contributed by atoms with Crippen molar-refractivity contribution in [3.63, 3.8) is 0 Å². The molecule has 1 saturated heterocycles. The Balaban J connectivity index is 2.03. The number of nitrogens with two attached hydrogens (primary N) is 1. The molecule has 1 heterocycles. The second kappa shape index (κ2) is 5.50. The first-order chi connectivity index (χ1) is 8.57. The van der Waals surface area contributed by atoms with Gasteiger partial charge in [0.15, 0.2) is 0 Å². The normalized spacial score (nSPS) is 19.3. The fraction of sp³-hybridized carbons (Fsp3) is 0.600. The van der Waals surface area contributed by atoms with Gasteiger partial charge in [-0.05, 0) is 55.0 Å². The van der Waals surface area contributed by atoms with Crippen LogP contribution in [0.5, 0.6) is 0 Å². The minimum Gasteiger partial charge on any atom is -0.399 e. The minimum absolute atomic E-state index is 0.532.